The SMILES string of the molecule is CCn1ccc(NC(=O)[C@]2(C)CCCN(C(=O)Cn3nc(C)ccc3=O)C2)n1. The molecule has 2 amide bonds. The van der Waals surface area contributed by atoms with Crippen molar-refractivity contribution >= 4 is 17.6 Å². The third-order valence-corrected chi connectivity index (χ3v) is 5.09. The molecule has 9 nitrogen and oxygen atoms in total. The molecule has 0 bridgehead atoms. The first-order valence-corrected chi connectivity index (χ1v) is 9.48. The number of rotatable bonds is 5. The molecule has 3 rings (SSSR count). The average molecular weight is 386 g/mol. The summed E-state index contributed by atoms with van der Waals surface area (Å²) in [5.74, 6) is 0.137. The van der Waals surface area contributed by atoms with Gasteiger partial charge in [-0.2, -0.15) is 10.2 Å². The molecule has 1 N–H and O–H groups in total. The van der Waals surface area contributed by atoms with Crippen LogP contribution in [0, 0.1) is 12.3 Å². The first-order chi connectivity index (χ1) is 13.3. The van der Waals surface area contributed by atoms with E-state index in [0.29, 0.717) is 31.0 Å². The van der Waals surface area contributed by atoms with E-state index in [0.717, 1.165) is 13.0 Å². The van der Waals surface area contributed by atoms with Gasteiger partial charge in [0.05, 0.1) is 11.1 Å². The Morgan fingerprint density at radius 1 is 1.25 bits per heavy atom. The van der Waals surface area contributed by atoms with Gasteiger partial charge in [0.15, 0.2) is 5.82 Å². The van der Waals surface area contributed by atoms with Gasteiger partial charge in [-0.1, -0.05) is 0 Å². The van der Waals surface area contributed by atoms with Gasteiger partial charge in [0.2, 0.25) is 11.8 Å². The molecule has 1 saturated heterocycles. The van der Waals surface area contributed by atoms with Crippen molar-refractivity contribution in [2.24, 2.45) is 5.41 Å². The third-order valence-electron chi connectivity index (χ3n) is 5.09. The second kappa shape index (κ2) is 7.95. The number of aryl methyl sites for hydroxylation is 2. The zero-order valence-corrected chi connectivity index (χ0v) is 16.5. The maximum Gasteiger partial charge on any atom is 0.267 e. The highest BCUT2D eigenvalue weighted by atomic mass is 16.2. The van der Waals surface area contributed by atoms with Gasteiger partial charge in [0, 0.05) is 38.0 Å². The van der Waals surface area contributed by atoms with Crippen LogP contribution in [0.2, 0.25) is 0 Å². The standard InChI is InChI=1S/C19H26N6O3/c1-4-24-11-8-15(22-24)20-18(28)19(3)9-5-10-23(13-19)17(27)12-25-16(26)7-6-14(2)21-25/h6-8,11H,4-5,9-10,12-13H2,1-3H3,(H,20,22,28)/t19-/m1/s1. The van der Waals surface area contributed by atoms with E-state index in [9.17, 15) is 14.4 Å². The number of hydrogen-bond donors (Lipinski definition) is 1. The fourth-order valence-electron chi connectivity index (χ4n) is 3.40. The van der Waals surface area contributed by atoms with Crippen LogP contribution in [-0.4, -0.2) is 49.4 Å². The molecule has 0 aromatic carbocycles. The topological polar surface area (TPSA) is 102 Å². The largest absolute Gasteiger partial charge is 0.340 e. The normalized spacial score (nSPS) is 19.5. The Hall–Kier alpha value is -2.97. The summed E-state index contributed by atoms with van der Waals surface area (Å²) >= 11 is 0. The first kappa shape index (κ1) is 19.8. The minimum atomic E-state index is -0.713. The van der Waals surface area contributed by atoms with E-state index in [1.165, 1.54) is 10.7 Å². The molecule has 2 aromatic rings. The number of nitrogens with one attached hydrogen (secondary N) is 1. The molecule has 1 aliphatic rings. The second-order valence-electron chi connectivity index (χ2n) is 7.46. The Balaban J connectivity index is 1.67. The molecular formula is C19H26N6O3. The molecule has 2 aromatic heterocycles. The summed E-state index contributed by atoms with van der Waals surface area (Å²) in [5, 5.41) is 11.2. The van der Waals surface area contributed by atoms with E-state index in [1.54, 1.807) is 34.8 Å². The molecular weight excluding hydrogens is 360 g/mol. The Kier molecular flexibility index (Phi) is 5.62. The number of anilines is 1. The maximum absolute atomic E-state index is 12.8. The molecule has 9 heteroatoms. The van der Waals surface area contributed by atoms with Crippen LogP contribution in [0.5, 0.6) is 0 Å². The summed E-state index contributed by atoms with van der Waals surface area (Å²) in [6.07, 6.45) is 3.20. The maximum atomic E-state index is 12.8. The number of nitrogens with zero attached hydrogens (tertiary/aromatic N) is 5. The second-order valence-corrected chi connectivity index (χ2v) is 7.46. The van der Waals surface area contributed by atoms with Crippen LogP contribution in [0.4, 0.5) is 5.82 Å². The van der Waals surface area contributed by atoms with Crippen molar-refractivity contribution < 1.29 is 9.59 Å². The van der Waals surface area contributed by atoms with E-state index < -0.39 is 5.41 Å². The number of likely N-dealkylation sites (tertiary alicyclic amines) is 1. The summed E-state index contributed by atoms with van der Waals surface area (Å²) in [6, 6.07) is 4.77. The Bertz CT molecular complexity index is 934. The van der Waals surface area contributed by atoms with Crippen molar-refractivity contribution in [2.45, 2.75) is 46.7 Å². The number of amides is 2. The van der Waals surface area contributed by atoms with Gasteiger partial charge in [0.25, 0.3) is 5.56 Å². The number of hydrogen-bond acceptors (Lipinski definition) is 5. The fraction of sp³-hybridized carbons (Fsp3) is 0.526. The highest BCUT2D eigenvalue weighted by Gasteiger charge is 2.39. The highest BCUT2D eigenvalue weighted by molar-refractivity contribution is 5.95. The quantitative estimate of drug-likeness (QED) is 0.827. The van der Waals surface area contributed by atoms with Crippen LogP contribution in [0.1, 0.15) is 32.4 Å². The number of carbonyl (C=O) groups is 2. The Morgan fingerprint density at radius 2 is 2.04 bits per heavy atom. The molecule has 28 heavy (non-hydrogen) atoms. The van der Waals surface area contributed by atoms with Gasteiger partial charge >= 0.3 is 0 Å². The van der Waals surface area contributed by atoms with Gasteiger partial charge in [-0.3, -0.25) is 19.1 Å². The Labute approximate surface area is 163 Å². The Morgan fingerprint density at radius 3 is 2.75 bits per heavy atom. The molecule has 0 unspecified atom stereocenters. The molecule has 0 saturated carbocycles. The fourth-order valence-corrected chi connectivity index (χ4v) is 3.40. The van der Waals surface area contributed by atoms with Crippen molar-refractivity contribution in [1.29, 1.82) is 0 Å². The lowest BCUT2D eigenvalue weighted by molar-refractivity contribution is -0.139. The van der Waals surface area contributed by atoms with Crippen molar-refractivity contribution in [2.75, 3.05) is 18.4 Å². The van der Waals surface area contributed by atoms with Crippen molar-refractivity contribution in [3.63, 3.8) is 0 Å². The smallest absolute Gasteiger partial charge is 0.267 e. The highest BCUT2D eigenvalue weighted by Crippen LogP contribution is 2.31. The number of carbonyl (C=O) groups excluding carboxylic acids is 2. The van der Waals surface area contributed by atoms with Crippen LogP contribution >= 0.6 is 0 Å². The van der Waals surface area contributed by atoms with Gasteiger partial charge in [0.1, 0.15) is 6.54 Å². The summed E-state index contributed by atoms with van der Waals surface area (Å²) < 4.78 is 2.91. The number of piperidine rings is 1. The summed E-state index contributed by atoms with van der Waals surface area (Å²) in [7, 11) is 0. The van der Waals surface area contributed by atoms with Crippen LogP contribution < -0.4 is 10.9 Å². The third kappa shape index (κ3) is 4.29. The van der Waals surface area contributed by atoms with Crippen LogP contribution in [0.25, 0.3) is 0 Å². The lowest BCUT2D eigenvalue weighted by atomic mass is 9.81. The molecule has 3 heterocycles. The van der Waals surface area contributed by atoms with Crippen molar-refractivity contribution in [3.8, 4) is 0 Å². The van der Waals surface area contributed by atoms with Crippen LogP contribution in [0.15, 0.2) is 29.2 Å². The van der Waals surface area contributed by atoms with E-state index >= 15 is 0 Å². The van der Waals surface area contributed by atoms with Crippen LogP contribution in [0.3, 0.4) is 0 Å². The van der Waals surface area contributed by atoms with E-state index in [1.807, 2.05) is 13.8 Å². The molecule has 0 radical (unpaired) electrons. The molecule has 0 spiro atoms. The van der Waals surface area contributed by atoms with E-state index in [2.05, 4.69) is 15.5 Å². The molecule has 1 fully saturated rings. The summed E-state index contributed by atoms with van der Waals surface area (Å²) in [5.41, 5.74) is -0.362. The van der Waals surface area contributed by atoms with Gasteiger partial charge in [-0.25, -0.2) is 4.68 Å². The zero-order valence-electron chi connectivity index (χ0n) is 16.5. The first-order valence-electron chi connectivity index (χ1n) is 9.48. The minimum Gasteiger partial charge on any atom is -0.340 e. The monoisotopic (exact) mass is 386 g/mol. The predicted octanol–water partition coefficient (Wildman–Crippen LogP) is 1.04. The minimum absolute atomic E-state index is 0.126. The lowest BCUT2D eigenvalue weighted by Gasteiger charge is -2.39. The summed E-state index contributed by atoms with van der Waals surface area (Å²) in [6.45, 7) is 7.05. The van der Waals surface area contributed by atoms with Gasteiger partial charge in [-0.05, 0) is 39.7 Å². The van der Waals surface area contributed by atoms with E-state index in [4.69, 9.17) is 0 Å². The molecule has 0 aliphatic carbocycles. The predicted molar refractivity (Wildman–Crippen MR) is 104 cm³/mol. The molecule has 1 atom stereocenters. The molecule has 1 aliphatic heterocycles. The van der Waals surface area contributed by atoms with Crippen molar-refractivity contribution in [3.05, 3.63) is 40.4 Å². The zero-order chi connectivity index (χ0) is 20.3. The van der Waals surface area contributed by atoms with Crippen LogP contribution in [-0.2, 0) is 22.7 Å². The lowest BCUT2D eigenvalue weighted by Crippen LogP contribution is -2.51. The van der Waals surface area contributed by atoms with Crippen molar-refractivity contribution in [1.82, 2.24) is 24.5 Å². The average Bonchev–Trinajstić information content (AvgIpc) is 3.12. The van der Waals surface area contributed by atoms with Gasteiger partial charge in [-0.15, -0.1) is 0 Å². The number of aromatic nitrogens is 4. The molecule has 150 valence electrons. The van der Waals surface area contributed by atoms with Gasteiger partial charge < -0.3 is 10.2 Å². The van der Waals surface area contributed by atoms with E-state index in [-0.39, 0.29) is 23.9 Å². The summed E-state index contributed by atoms with van der Waals surface area (Å²) in [4.78, 5) is 39.1.